The van der Waals surface area contributed by atoms with Crippen LogP contribution in [0.4, 0.5) is 5.69 Å². The van der Waals surface area contributed by atoms with Crippen molar-refractivity contribution >= 4 is 33.0 Å². The first kappa shape index (κ1) is 13.3. The smallest absolute Gasteiger partial charge is 0.269 e. The fourth-order valence-electron chi connectivity index (χ4n) is 1.52. The second kappa shape index (κ2) is 5.67. The van der Waals surface area contributed by atoms with Crippen molar-refractivity contribution in [1.29, 1.82) is 0 Å². The maximum atomic E-state index is 11.9. The summed E-state index contributed by atoms with van der Waals surface area (Å²) in [6.07, 6.45) is 1.73. The molecule has 0 saturated carbocycles. The highest BCUT2D eigenvalue weighted by atomic mass is 79.9. The van der Waals surface area contributed by atoms with E-state index in [9.17, 15) is 4.79 Å². The molecule has 6 heteroatoms. The molecule has 18 heavy (non-hydrogen) atoms. The molecule has 2 heterocycles. The van der Waals surface area contributed by atoms with Crippen LogP contribution >= 0.6 is 27.3 Å². The van der Waals surface area contributed by atoms with Crippen LogP contribution in [0.1, 0.15) is 11.8 Å². The van der Waals surface area contributed by atoms with Crippen LogP contribution in [0.5, 0.6) is 0 Å². The van der Waals surface area contributed by atoms with Crippen LogP contribution in [0.3, 0.4) is 0 Å². The average molecular weight is 328 g/mol. The molecule has 96 valence electrons. The molecule has 0 aliphatic carbocycles. The fourth-order valence-corrected chi connectivity index (χ4v) is 2.98. The molecule has 0 bridgehead atoms. The molecule has 2 aromatic rings. The van der Waals surface area contributed by atoms with Gasteiger partial charge in [-0.05, 0) is 35.0 Å². The minimum absolute atomic E-state index is 0.0719. The number of hydrogen-bond donors (Lipinski definition) is 0. The number of hydrogen-bond acceptors (Lipinski definition) is 4. The maximum absolute atomic E-state index is 11.9. The van der Waals surface area contributed by atoms with Crippen molar-refractivity contribution in [3.63, 3.8) is 0 Å². The van der Waals surface area contributed by atoms with Crippen molar-refractivity contribution in [1.82, 2.24) is 9.78 Å². The Kier molecular flexibility index (Phi) is 4.19. The molecule has 4 nitrogen and oxygen atoms in total. The zero-order chi connectivity index (χ0) is 13.1. The van der Waals surface area contributed by atoms with Crippen molar-refractivity contribution in [3.8, 4) is 0 Å². The molecule has 0 spiro atoms. The predicted octanol–water partition coefficient (Wildman–Crippen LogP) is 2.57. The highest BCUT2D eigenvalue weighted by molar-refractivity contribution is 9.11. The number of anilines is 1. The Morgan fingerprint density at radius 2 is 2.28 bits per heavy atom. The van der Waals surface area contributed by atoms with Crippen molar-refractivity contribution in [2.24, 2.45) is 0 Å². The highest BCUT2D eigenvalue weighted by Crippen LogP contribution is 2.22. The Morgan fingerprint density at radius 3 is 2.83 bits per heavy atom. The summed E-state index contributed by atoms with van der Waals surface area (Å²) >= 11 is 5.02. The second-order valence-electron chi connectivity index (χ2n) is 3.93. The van der Waals surface area contributed by atoms with Crippen molar-refractivity contribution in [2.45, 2.75) is 13.5 Å². The first-order valence-electron chi connectivity index (χ1n) is 5.62. The van der Waals surface area contributed by atoms with Gasteiger partial charge in [0.1, 0.15) is 0 Å². The van der Waals surface area contributed by atoms with Crippen LogP contribution in [0, 0.1) is 0 Å². The van der Waals surface area contributed by atoms with Crippen LogP contribution in [-0.2, 0) is 6.54 Å². The zero-order valence-electron chi connectivity index (χ0n) is 10.3. The molecule has 0 fully saturated rings. The van der Waals surface area contributed by atoms with Gasteiger partial charge in [0.25, 0.3) is 5.56 Å². The van der Waals surface area contributed by atoms with E-state index in [4.69, 9.17) is 0 Å². The molecule has 0 N–H and O–H groups in total. The molecule has 0 unspecified atom stereocenters. The lowest BCUT2D eigenvalue weighted by atomic mass is 10.4. The normalized spacial score (nSPS) is 10.6. The summed E-state index contributed by atoms with van der Waals surface area (Å²) < 4.78 is 2.54. The van der Waals surface area contributed by atoms with E-state index in [2.05, 4.69) is 21.0 Å². The highest BCUT2D eigenvalue weighted by Gasteiger charge is 2.05. The lowest BCUT2D eigenvalue weighted by molar-refractivity contribution is 0.644. The SMILES string of the molecule is CCN(C)c1cnn(Cc2ccc(Br)s2)c(=O)c1. The second-order valence-corrected chi connectivity index (χ2v) is 6.48. The number of halogens is 1. The Balaban J connectivity index is 2.22. The largest absolute Gasteiger partial charge is 0.373 e. The van der Waals surface area contributed by atoms with Gasteiger partial charge in [-0.2, -0.15) is 5.10 Å². The molecule has 0 aliphatic rings. The fraction of sp³-hybridized carbons (Fsp3) is 0.333. The van der Waals surface area contributed by atoms with Crippen molar-refractivity contribution < 1.29 is 0 Å². The maximum Gasteiger partial charge on any atom is 0.269 e. The summed E-state index contributed by atoms with van der Waals surface area (Å²) in [6, 6.07) is 5.60. The van der Waals surface area contributed by atoms with E-state index in [-0.39, 0.29) is 5.56 Å². The van der Waals surface area contributed by atoms with Crippen LogP contribution < -0.4 is 10.5 Å². The third-order valence-electron chi connectivity index (χ3n) is 2.70. The number of rotatable bonds is 4. The van der Waals surface area contributed by atoms with Gasteiger partial charge in [-0.1, -0.05) is 0 Å². The van der Waals surface area contributed by atoms with Gasteiger partial charge < -0.3 is 4.90 Å². The van der Waals surface area contributed by atoms with Gasteiger partial charge in [0.05, 0.1) is 22.2 Å². The van der Waals surface area contributed by atoms with E-state index in [1.54, 1.807) is 23.6 Å². The van der Waals surface area contributed by atoms with E-state index in [1.807, 2.05) is 31.0 Å². The lowest BCUT2D eigenvalue weighted by Crippen LogP contribution is -2.25. The molecule has 0 radical (unpaired) electrons. The molecule has 2 rings (SSSR count). The number of aromatic nitrogens is 2. The van der Waals surface area contributed by atoms with Gasteiger partial charge in [0, 0.05) is 24.5 Å². The molecule has 0 atom stereocenters. The Labute approximate surface area is 118 Å². The summed E-state index contributed by atoms with van der Waals surface area (Å²) in [7, 11) is 1.94. The molecule has 0 saturated heterocycles. The predicted molar refractivity (Wildman–Crippen MR) is 78.6 cm³/mol. The zero-order valence-corrected chi connectivity index (χ0v) is 12.7. The Bertz CT molecular complexity index is 593. The van der Waals surface area contributed by atoms with Gasteiger partial charge in [0.15, 0.2) is 0 Å². The molecular formula is C12H14BrN3OS. The van der Waals surface area contributed by atoms with Gasteiger partial charge in [-0.3, -0.25) is 4.79 Å². The molecule has 0 aromatic carbocycles. The first-order chi connectivity index (χ1) is 8.60. The summed E-state index contributed by atoms with van der Waals surface area (Å²) in [5.74, 6) is 0. The minimum Gasteiger partial charge on any atom is -0.373 e. The lowest BCUT2D eigenvalue weighted by Gasteiger charge is -2.16. The van der Waals surface area contributed by atoms with Crippen LogP contribution in [0.25, 0.3) is 0 Å². The minimum atomic E-state index is -0.0719. The van der Waals surface area contributed by atoms with Crippen LogP contribution in [0.15, 0.2) is 33.0 Å². The third-order valence-corrected chi connectivity index (χ3v) is 4.31. The summed E-state index contributed by atoms with van der Waals surface area (Å²) in [6.45, 7) is 3.41. The topological polar surface area (TPSA) is 38.1 Å². The van der Waals surface area contributed by atoms with Crippen molar-refractivity contribution in [3.05, 3.63) is 43.4 Å². The standard InChI is InChI=1S/C12H14BrN3OS/c1-3-15(2)9-6-12(17)16(14-7-9)8-10-4-5-11(13)18-10/h4-7H,3,8H2,1-2H3. The van der Waals surface area contributed by atoms with Gasteiger partial charge in [0.2, 0.25) is 0 Å². The first-order valence-corrected chi connectivity index (χ1v) is 7.23. The monoisotopic (exact) mass is 327 g/mol. The van der Waals surface area contributed by atoms with E-state index in [0.717, 1.165) is 20.9 Å². The van der Waals surface area contributed by atoms with Gasteiger partial charge in [-0.25, -0.2) is 4.68 Å². The molecular weight excluding hydrogens is 314 g/mol. The van der Waals surface area contributed by atoms with Gasteiger partial charge in [-0.15, -0.1) is 11.3 Å². The third kappa shape index (κ3) is 3.00. The van der Waals surface area contributed by atoms with Crippen LogP contribution in [-0.4, -0.2) is 23.4 Å². The van der Waals surface area contributed by atoms with Crippen molar-refractivity contribution in [2.75, 3.05) is 18.5 Å². The summed E-state index contributed by atoms with van der Waals surface area (Å²) in [5.41, 5.74) is 0.781. The number of nitrogens with zero attached hydrogens (tertiary/aromatic N) is 3. The average Bonchev–Trinajstić information content (AvgIpc) is 2.76. The van der Waals surface area contributed by atoms with Gasteiger partial charge >= 0.3 is 0 Å². The molecule has 0 amide bonds. The summed E-state index contributed by atoms with van der Waals surface area (Å²) in [5, 5.41) is 4.21. The Morgan fingerprint density at radius 1 is 1.50 bits per heavy atom. The van der Waals surface area contributed by atoms with E-state index in [1.165, 1.54) is 4.68 Å². The molecule has 0 aliphatic heterocycles. The quantitative estimate of drug-likeness (QED) is 0.866. The van der Waals surface area contributed by atoms with E-state index >= 15 is 0 Å². The van der Waals surface area contributed by atoms with E-state index < -0.39 is 0 Å². The Hall–Kier alpha value is -1.14. The van der Waals surface area contributed by atoms with Crippen LogP contribution in [0.2, 0.25) is 0 Å². The summed E-state index contributed by atoms with van der Waals surface area (Å²) in [4.78, 5) is 15.0. The van der Waals surface area contributed by atoms with E-state index in [0.29, 0.717) is 6.54 Å². The number of thiophene rings is 1. The molecule has 2 aromatic heterocycles.